The number of hydrogen-bond donors (Lipinski definition) is 1. The van der Waals surface area contributed by atoms with Gasteiger partial charge in [-0.25, -0.2) is 4.98 Å². The number of aromatic nitrogens is 3. The number of hydrogen-bond acceptors (Lipinski definition) is 5. The maximum absolute atomic E-state index is 10.3. The number of nitrogens with zero attached hydrogens (tertiary/aromatic N) is 4. The molecule has 4 rings (SSSR count). The van der Waals surface area contributed by atoms with E-state index in [0.29, 0.717) is 18.4 Å². The van der Waals surface area contributed by atoms with Gasteiger partial charge >= 0.3 is 0 Å². The maximum atomic E-state index is 10.3. The van der Waals surface area contributed by atoms with Crippen molar-refractivity contribution in [2.45, 2.75) is 57.6 Å². The fourth-order valence-corrected chi connectivity index (χ4v) is 5.01. The number of aliphatic hydroxyl groups excluding tert-OH is 1. The van der Waals surface area contributed by atoms with Crippen molar-refractivity contribution in [1.29, 1.82) is 5.26 Å². The molecule has 1 saturated carbocycles. The SMILES string of the molecule is C[C@@H](O)c1nc2cnc3ccsc3c2n1C1CCC(CCC#N)CC1. The highest BCUT2D eigenvalue weighted by atomic mass is 32.1. The lowest BCUT2D eigenvalue weighted by atomic mass is 9.83. The second kappa shape index (κ2) is 6.74. The quantitative estimate of drug-likeness (QED) is 0.734. The molecule has 1 atom stereocenters. The molecular weight excluding hydrogens is 332 g/mol. The summed E-state index contributed by atoms with van der Waals surface area (Å²) in [5.41, 5.74) is 2.99. The Morgan fingerprint density at radius 3 is 2.88 bits per heavy atom. The maximum Gasteiger partial charge on any atom is 0.138 e. The summed E-state index contributed by atoms with van der Waals surface area (Å²) in [4.78, 5) is 9.20. The van der Waals surface area contributed by atoms with Crippen LogP contribution in [0.5, 0.6) is 0 Å². The summed E-state index contributed by atoms with van der Waals surface area (Å²) in [6.07, 6.45) is 7.34. The Bertz CT molecular complexity index is 928. The van der Waals surface area contributed by atoms with E-state index in [1.54, 1.807) is 18.3 Å². The summed E-state index contributed by atoms with van der Waals surface area (Å²) >= 11 is 1.69. The van der Waals surface area contributed by atoms with E-state index in [1.165, 1.54) is 0 Å². The molecule has 25 heavy (non-hydrogen) atoms. The van der Waals surface area contributed by atoms with E-state index >= 15 is 0 Å². The van der Waals surface area contributed by atoms with Crippen LogP contribution in [-0.4, -0.2) is 19.6 Å². The van der Waals surface area contributed by atoms with Crippen LogP contribution in [0.25, 0.3) is 21.3 Å². The summed E-state index contributed by atoms with van der Waals surface area (Å²) in [6.45, 7) is 1.79. The first-order valence-electron chi connectivity index (χ1n) is 8.98. The average Bonchev–Trinajstić information content (AvgIpc) is 3.24. The molecule has 0 radical (unpaired) electrons. The summed E-state index contributed by atoms with van der Waals surface area (Å²) < 4.78 is 3.43. The highest BCUT2D eigenvalue weighted by Gasteiger charge is 2.28. The fourth-order valence-electron chi connectivity index (χ4n) is 4.12. The Balaban J connectivity index is 1.74. The van der Waals surface area contributed by atoms with Crippen molar-refractivity contribution in [3.63, 3.8) is 0 Å². The molecular formula is C19H22N4OS. The molecule has 1 aliphatic carbocycles. The van der Waals surface area contributed by atoms with Gasteiger partial charge in [0, 0.05) is 12.5 Å². The molecule has 0 bridgehead atoms. The summed E-state index contributed by atoms with van der Waals surface area (Å²) in [6, 6.07) is 4.67. The van der Waals surface area contributed by atoms with Gasteiger partial charge in [0.25, 0.3) is 0 Å². The summed E-state index contributed by atoms with van der Waals surface area (Å²) in [7, 11) is 0. The van der Waals surface area contributed by atoms with Crippen LogP contribution < -0.4 is 0 Å². The summed E-state index contributed by atoms with van der Waals surface area (Å²) in [5.74, 6) is 1.40. The van der Waals surface area contributed by atoms with E-state index in [4.69, 9.17) is 10.2 Å². The Hall–Kier alpha value is -1.97. The van der Waals surface area contributed by atoms with Gasteiger partial charge in [-0.15, -0.1) is 11.3 Å². The van der Waals surface area contributed by atoms with Gasteiger partial charge in [-0.1, -0.05) is 0 Å². The van der Waals surface area contributed by atoms with Crippen molar-refractivity contribution in [2.75, 3.05) is 0 Å². The zero-order valence-electron chi connectivity index (χ0n) is 14.4. The number of rotatable bonds is 4. The second-order valence-electron chi connectivity index (χ2n) is 7.01. The Morgan fingerprint density at radius 2 is 2.16 bits per heavy atom. The van der Waals surface area contributed by atoms with Crippen molar-refractivity contribution in [2.24, 2.45) is 5.92 Å². The van der Waals surface area contributed by atoms with Crippen LogP contribution in [0.1, 0.15) is 63.4 Å². The van der Waals surface area contributed by atoms with Crippen molar-refractivity contribution in [3.05, 3.63) is 23.5 Å². The first-order valence-corrected chi connectivity index (χ1v) is 9.86. The molecule has 0 unspecified atom stereocenters. The number of fused-ring (bicyclic) bond motifs is 3. The topological polar surface area (TPSA) is 74.7 Å². The van der Waals surface area contributed by atoms with Gasteiger partial charge in [0.05, 0.1) is 28.0 Å². The number of pyridine rings is 1. The van der Waals surface area contributed by atoms with Crippen LogP contribution in [0.15, 0.2) is 17.6 Å². The molecule has 3 aromatic heterocycles. The molecule has 0 amide bonds. The standard InChI is InChI=1S/C19H22N4OS/c1-12(24)19-22-16-11-21-15-8-10-25-18(15)17(16)23(19)14-6-4-13(5-7-14)3-2-9-20/h8,10-14,24H,2-7H2,1H3/t12-,13?,14?/m1/s1. The van der Waals surface area contributed by atoms with Crippen LogP contribution in [0.2, 0.25) is 0 Å². The van der Waals surface area contributed by atoms with E-state index in [1.807, 2.05) is 12.3 Å². The molecule has 1 aliphatic rings. The number of thiophene rings is 1. The number of nitriles is 1. The Labute approximate surface area is 150 Å². The van der Waals surface area contributed by atoms with E-state index < -0.39 is 6.10 Å². The zero-order valence-corrected chi connectivity index (χ0v) is 15.2. The van der Waals surface area contributed by atoms with Gasteiger partial charge < -0.3 is 9.67 Å². The minimum atomic E-state index is -0.598. The predicted molar refractivity (Wildman–Crippen MR) is 99.4 cm³/mol. The van der Waals surface area contributed by atoms with Gasteiger partial charge in [0.1, 0.15) is 17.4 Å². The van der Waals surface area contributed by atoms with Gasteiger partial charge in [-0.05, 0) is 56.4 Å². The third kappa shape index (κ3) is 2.92. The van der Waals surface area contributed by atoms with Crippen LogP contribution in [0.4, 0.5) is 0 Å². The van der Waals surface area contributed by atoms with E-state index in [9.17, 15) is 5.11 Å². The zero-order chi connectivity index (χ0) is 17.4. The minimum absolute atomic E-state index is 0.362. The number of aliphatic hydroxyl groups is 1. The molecule has 0 spiro atoms. The number of imidazole rings is 1. The minimum Gasteiger partial charge on any atom is -0.385 e. The molecule has 6 heteroatoms. The second-order valence-corrected chi connectivity index (χ2v) is 7.93. The van der Waals surface area contributed by atoms with Gasteiger partial charge in [0.2, 0.25) is 0 Å². The molecule has 0 saturated heterocycles. The Morgan fingerprint density at radius 1 is 1.36 bits per heavy atom. The molecule has 0 aromatic carbocycles. The molecule has 1 fully saturated rings. The van der Waals surface area contributed by atoms with Crippen molar-refractivity contribution in [1.82, 2.24) is 14.5 Å². The normalized spacial score (nSPS) is 22.3. The lowest BCUT2D eigenvalue weighted by Gasteiger charge is -2.31. The lowest BCUT2D eigenvalue weighted by molar-refractivity contribution is 0.174. The third-order valence-electron chi connectivity index (χ3n) is 5.37. The Kier molecular flexibility index (Phi) is 4.45. The third-order valence-corrected chi connectivity index (χ3v) is 6.28. The molecule has 3 heterocycles. The van der Waals surface area contributed by atoms with Gasteiger partial charge in [-0.2, -0.15) is 5.26 Å². The molecule has 130 valence electrons. The van der Waals surface area contributed by atoms with Crippen LogP contribution in [0.3, 0.4) is 0 Å². The van der Waals surface area contributed by atoms with E-state index in [2.05, 4.69) is 21.0 Å². The largest absolute Gasteiger partial charge is 0.385 e. The van der Waals surface area contributed by atoms with Crippen LogP contribution >= 0.6 is 11.3 Å². The fraction of sp³-hybridized carbons (Fsp3) is 0.526. The monoisotopic (exact) mass is 354 g/mol. The van der Waals surface area contributed by atoms with Crippen LogP contribution in [0, 0.1) is 17.2 Å². The van der Waals surface area contributed by atoms with Gasteiger partial charge in [-0.3, -0.25) is 4.98 Å². The first kappa shape index (κ1) is 16.5. The van der Waals surface area contributed by atoms with Gasteiger partial charge in [0.15, 0.2) is 0 Å². The van der Waals surface area contributed by atoms with Crippen LogP contribution in [-0.2, 0) is 0 Å². The van der Waals surface area contributed by atoms with E-state index in [0.717, 1.165) is 59.2 Å². The highest BCUT2D eigenvalue weighted by molar-refractivity contribution is 7.18. The molecule has 5 nitrogen and oxygen atoms in total. The first-order chi connectivity index (χ1) is 12.2. The van der Waals surface area contributed by atoms with Crippen molar-refractivity contribution < 1.29 is 5.11 Å². The summed E-state index contributed by atoms with van der Waals surface area (Å²) in [5, 5.41) is 21.2. The molecule has 0 aliphatic heterocycles. The smallest absolute Gasteiger partial charge is 0.138 e. The van der Waals surface area contributed by atoms with Crippen molar-refractivity contribution >= 4 is 32.6 Å². The highest BCUT2D eigenvalue weighted by Crippen LogP contribution is 2.40. The predicted octanol–water partition coefficient (Wildman–Crippen LogP) is 4.73. The lowest BCUT2D eigenvalue weighted by Crippen LogP contribution is -2.20. The molecule has 1 N–H and O–H groups in total. The van der Waals surface area contributed by atoms with Crippen molar-refractivity contribution in [3.8, 4) is 6.07 Å². The van der Waals surface area contributed by atoms with E-state index in [-0.39, 0.29) is 0 Å². The average molecular weight is 354 g/mol. The molecule has 3 aromatic rings.